The summed E-state index contributed by atoms with van der Waals surface area (Å²) in [6.07, 6.45) is -3.58. The van der Waals surface area contributed by atoms with Crippen LogP contribution in [0.15, 0.2) is 36.4 Å². The smallest absolute Gasteiger partial charge is 0.488 e. The largest absolute Gasteiger partial charge is 0.513 e. The molecule has 0 spiro atoms. The molecule has 0 N–H and O–H groups in total. The molecule has 128 valence electrons. The highest BCUT2D eigenvalue weighted by Gasteiger charge is 2.17. The lowest BCUT2D eigenvalue weighted by atomic mass is 10.1. The first-order valence-corrected chi connectivity index (χ1v) is 7.35. The van der Waals surface area contributed by atoms with Gasteiger partial charge in [0.15, 0.2) is 0 Å². The first-order chi connectivity index (χ1) is 11.4. The van der Waals surface area contributed by atoms with Crippen molar-refractivity contribution in [2.24, 2.45) is 0 Å². The summed E-state index contributed by atoms with van der Waals surface area (Å²) in [4.78, 5) is 11.2. The van der Waals surface area contributed by atoms with E-state index in [1.807, 2.05) is 0 Å². The summed E-state index contributed by atoms with van der Waals surface area (Å²) in [6.45, 7) is 1.56. The van der Waals surface area contributed by atoms with Crippen LogP contribution in [0.5, 0.6) is 11.5 Å². The Labute approximate surface area is 142 Å². The molecule has 0 fully saturated rings. The van der Waals surface area contributed by atoms with Crippen molar-refractivity contribution in [1.82, 2.24) is 0 Å². The fourth-order valence-corrected chi connectivity index (χ4v) is 2.14. The molecule has 0 saturated carbocycles. The highest BCUT2D eigenvalue weighted by Crippen LogP contribution is 2.34. The van der Waals surface area contributed by atoms with Gasteiger partial charge in [-0.15, -0.1) is 0 Å². The molecule has 2 aromatic rings. The van der Waals surface area contributed by atoms with Crippen LogP contribution < -0.4 is 9.47 Å². The Balaban J connectivity index is 2.23. The van der Waals surface area contributed by atoms with Crippen LogP contribution in [0.4, 0.5) is 13.6 Å². The second-order valence-electron chi connectivity index (χ2n) is 4.89. The van der Waals surface area contributed by atoms with Crippen molar-refractivity contribution in [3.8, 4) is 11.5 Å². The van der Waals surface area contributed by atoms with Gasteiger partial charge in [-0.1, -0.05) is 29.8 Å². The number of ether oxygens (including phenoxy) is 3. The Hall–Kier alpha value is -2.34. The van der Waals surface area contributed by atoms with Crippen molar-refractivity contribution in [3.05, 3.63) is 58.1 Å². The molecule has 0 bridgehead atoms. The minimum atomic E-state index is -2.70. The maximum atomic E-state index is 13.2. The molecule has 2 rings (SSSR count). The second-order valence-corrected chi connectivity index (χ2v) is 5.30. The molecule has 0 aliphatic carbocycles. The summed E-state index contributed by atoms with van der Waals surface area (Å²) in [5.41, 5.74) is 0.789. The minimum absolute atomic E-state index is 0.0199. The number of halogens is 3. The van der Waals surface area contributed by atoms with Crippen molar-refractivity contribution >= 4 is 17.8 Å². The van der Waals surface area contributed by atoms with Crippen LogP contribution in [0.2, 0.25) is 5.02 Å². The number of rotatable bonds is 5. The maximum absolute atomic E-state index is 13.2. The van der Waals surface area contributed by atoms with E-state index < -0.39 is 12.6 Å². The lowest BCUT2D eigenvalue weighted by Gasteiger charge is -2.14. The van der Waals surface area contributed by atoms with Crippen molar-refractivity contribution in [1.29, 1.82) is 0 Å². The SMILES string of the molecule is COC(=O)Oc1ccccc1COc1cc(Cl)c(C)cc1C(F)F. The number of carbonyl (C=O) groups excluding carboxylic acids is 1. The van der Waals surface area contributed by atoms with Crippen LogP contribution in [0, 0.1) is 6.92 Å². The molecule has 0 heterocycles. The van der Waals surface area contributed by atoms with Gasteiger partial charge in [0.2, 0.25) is 0 Å². The number of para-hydroxylation sites is 1. The number of hydrogen-bond acceptors (Lipinski definition) is 4. The molecule has 0 aliphatic rings. The van der Waals surface area contributed by atoms with E-state index in [1.54, 1.807) is 31.2 Å². The van der Waals surface area contributed by atoms with E-state index in [9.17, 15) is 13.6 Å². The topological polar surface area (TPSA) is 44.8 Å². The fraction of sp³-hybridized carbons (Fsp3) is 0.235. The van der Waals surface area contributed by atoms with Crippen molar-refractivity contribution in [2.45, 2.75) is 20.0 Å². The molecule has 0 radical (unpaired) electrons. The predicted molar refractivity (Wildman–Crippen MR) is 85.0 cm³/mol. The predicted octanol–water partition coefficient (Wildman–Crippen LogP) is 5.31. The number of alkyl halides is 2. The minimum Gasteiger partial charge on any atom is -0.488 e. The average Bonchev–Trinajstić information content (AvgIpc) is 2.56. The van der Waals surface area contributed by atoms with Crippen LogP contribution >= 0.6 is 11.6 Å². The molecule has 0 atom stereocenters. The van der Waals surface area contributed by atoms with Gasteiger partial charge < -0.3 is 14.2 Å². The number of methoxy groups -OCH3 is 1. The van der Waals surface area contributed by atoms with Gasteiger partial charge in [0.25, 0.3) is 6.43 Å². The van der Waals surface area contributed by atoms with Gasteiger partial charge in [-0.3, -0.25) is 0 Å². The molecule has 0 saturated heterocycles. The van der Waals surface area contributed by atoms with Gasteiger partial charge in [-0.05, 0) is 30.7 Å². The van der Waals surface area contributed by atoms with E-state index in [-0.39, 0.29) is 23.7 Å². The standard InChI is InChI=1S/C17H15ClF2O4/c1-10-7-12(16(19)20)15(8-13(10)18)23-9-11-5-3-4-6-14(11)24-17(21)22-2/h3-8,16H,9H2,1-2H3. The third kappa shape index (κ3) is 4.35. The number of hydrogen-bond donors (Lipinski definition) is 0. The van der Waals surface area contributed by atoms with Gasteiger partial charge >= 0.3 is 6.16 Å². The van der Waals surface area contributed by atoms with E-state index in [2.05, 4.69) is 4.74 Å². The maximum Gasteiger partial charge on any atom is 0.513 e. The molecular weight excluding hydrogens is 342 g/mol. The quantitative estimate of drug-likeness (QED) is 0.538. The average molecular weight is 357 g/mol. The summed E-state index contributed by atoms with van der Waals surface area (Å²) < 4.78 is 41.2. The molecule has 2 aromatic carbocycles. The molecule has 0 aliphatic heterocycles. The molecule has 0 aromatic heterocycles. The molecule has 24 heavy (non-hydrogen) atoms. The molecule has 4 nitrogen and oxygen atoms in total. The first-order valence-electron chi connectivity index (χ1n) is 6.97. The zero-order chi connectivity index (χ0) is 17.7. The van der Waals surface area contributed by atoms with Crippen LogP contribution in [-0.2, 0) is 11.3 Å². The van der Waals surface area contributed by atoms with Crippen LogP contribution in [0.1, 0.15) is 23.1 Å². The van der Waals surface area contributed by atoms with Gasteiger partial charge in [0.1, 0.15) is 18.1 Å². The highest BCUT2D eigenvalue weighted by atomic mass is 35.5. The van der Waals surface area contributed by atoms with E-state index in [0.717, 1.165) is 0 Å². The van der Waals surface area contributed by atoms with Crippen LogP contribution in [0.3, 0.4) is 0 Å². The summed E-state index contributed by atoms with van der Waals surface area (Å²) in [7, 11) is 1.19. The summed E-state index contributed by atoms with van der Waals surface area (Å²) in [5.74, 6) is 0.203. The van der Waals surface area contributed by atoms with Crippen molar-refractivity contribution in [3.63, 3.8) is 0 Å². The summed E-state index contributed by atoms with van der Waals surface area (Å²) in [6, 6.07) is 9.21. The van der Waals surface area contributed by atoms with Crippen molar-refractivity contribution < 1.29 is 27.8 Å². The summed E-state index contributed by atoms with van der Waals surface area (Å²) >= 11 is 5.98. The van der Waals surface area contributed by atoms with Gasteiger partial charge in [0.05, 0.1) is 12.7 Å². The number of benzene rings is 2. The van der Waals surface area contributed by atoms with E-state index in [0.29, 0.717) is 16.1 Å². The Morgan fingerprint density at radius 3 is 2.58 bits per heavy atom. The zero-order valence-electron chi connectivity index (χ0n) is 13.0. The van der Waals surface area contributed by atoms with Crippen LogP contribution in [0.25, 0.3) is 0 Å². The van der Waals surface area contributed by atoms with Crippen LogP contribution in [-0.4, -0.2) is 13.3 Å². The van der Waals surface area contributed by atoms with E-state index in [1.165, 1.54) is 19.2 Å². The Morgan fingerprint density at radius 2 is 1.92 bits per heavy atom. The lowest BCUT2D eigenvalue weighted by Crippen LogP contribution is -2.10. The van der Waals surface area contributed by atoms with E-state index >= 15 is 0 Å². The van der Waals surface area contributed by atoms with Crippen molar-refractivity contribution in [2.75, 3.05) is 7.11 Å². The lowest BCUT2D eigenvalue weighted by molar-refractivity contribution is 0.120. The monoisotopic (exact) mass is 356 g/mol. The molecule has 7 heteroatoms. The fourth-order valence-electron chi connectivity index (χ4n) is 1.99. The number of aryl methyl sites for hydroxylation is 1. The molecular formula is C17H15ClF2O4. The zero-order valence-corrected chi connectivity index (χ0v) is 13.8. The van der Waals surface area contributed by atoms with Gasteiger partial charge in [0, 0.05) is 10.6 Å². The Morgan fingerprint density at radius 1 is 1.21 bits per heavy atom. The third-order valence-electron chi connectivity index (χ3n) is 3.24. The Kier molecular flexibility index (Phi) is 5.98. The summed E-state index contributed by atoms with van der Waals surface area (Å²) in [5, 5.41) is 0.327. The second kappa shape index (κ2) is 7.97. The molecule has 0 unspecified atom stereocenters. The Bertz CT molecular complexity index is 735. The van der Waals surface area contributed by atoms with Gasteiger partial charge in [-0.25, -0.2) is 13.6 Å². The van der Waals surface area contributed by atoms with E-state index in [4.69, 9.17) is 21.1 Å². The first kappa shape index (κ1) is 18.0. The number of carbonyl (C=O) groups is 1. The molecule has 0 amide bonds. The van der Waals surface area contributed by atoms with Gasteiger partial charge in [-0.2, -0.15) is 0 Å². The normalized spacial score (nSPS) is 10.6. The highest BCUT2D eigenvalue weighted by molar-refractivity contribution is 6.31. The third-order valence-corrected chi connectivity index (χ3v) is 3.65.